The van der Waals surface area contributed by atoms with Crippen LogP contribution < -0.4 is 5.73 Å². The van der Waals surface area contributed by atoms with Crippen LogP contribution in [-0.4, -0.2) is 29.3 Å². The fourth-order valence-electron chi connectivity index (χ4n) is 1.43. The van der Waals surface area contributed by atoms with E-state index in [0.29, 0.717) is 6.54 Å². The SMILES string of the molecule is CC(=O)N1CCC[CH][C@@H]1C(N)=O. The first kappa shape index (κ1) is 9.03. The van der Waals surface area contributed by atoms with Gasteiger partial charge in [0.2, 0.25) is 11.8 Å². The molecule has 0 unspecified atom stereocenters. The van der Waals surface area contributed by atoms with Crippen LogP contribution in [0.25, 0.3) is 0 Å². The van der Waals surface area contributed by atoms with Crippen LogP contribution in [0.4, 0.5) is 0 Å². The summed E-state index contributed by atoms with van der Waals surface area (Å²) in [5.74, 6) is -0.528. The summed E-state index contributed by atoms with van der Waals surface area (Å²) in [5.41, 5.74) is 5.13. The maximum absolute atomic E-state index is 11.0. The standard InChI is InChI=1S/C8H13N2O2/c1-6(11)10-5-3-2-4-7(10)8(9)12/h4,7H,2-3,5H2,1H3,(H2,9,12)/t7-/m1/s1. The molecule has 0 aromatic heterocycles. The first-order chi connectivity index (χ1) is 5.63. The summed E-state index contributed by atoms with van der Waals surface area (Å²) in [4.78, 5) is 23.4. The van der Waals surface area contributed by atoms with Crippen molar-refractivity contribution in [3.8, 4) is 0 Å². The molecule has 2 N–H and O–H groups in total. The lowest BCUT2D eigenvalue weighted by molar-refractivity contribution is -0.137. The van der Waals surface area contributed by atoms with Crippen LogP contribution in [0.2, 0.25) is 0 Å². The first-order valence-corrected chi connectivity index (χ1v) is 4.03. The Morgan fingerprint density at radius 2 is 2.25 bits per heavy atom. The topological polar surface area (TPSA) is 63.4 Å². The number of hydrogen-bond acceptors (Lipinski definition) is 2. The van der Waals surface area contributed by atoms with E-state index in [1.165, 1.54) is 11.8 Å². The van der Waals surface area contributed by atoms with Crippen molar-refractivity contribution in [2.24, 2.45) is 5.73 Å². The number of likely N-dealkylation sites (tertiary alicyclic amines) is 1. The fraction of sp³-hybridized carbons (Fsp3) is 0.625. The highest BCUT2D eigenvalue weighted by Gasteiger charge is 2.28. The van der Waals surface area contributed by atoms with E-state index < -0.39 is 11.9 Å². The van der Waals surface area contributed by atoms with Gasteiger partial charge in [-0.3, -0.25) is 9.59 Å². The maximum atomic E-state index is 11.0. The summed E-state index contributed by atoms with van der Waals surface area (Å²) in [6.45, 7) is 2.09. The molecule has 4 nitrogen and oxygen atoms in total. The molecule has 1 heterocycles. The van der Waals surface area contributed by atoms with Crippen molar-refractivity contribution >= 4 is 11.8 Å². The van der Waals surface area contributed by atoms with E-state index in [0.717, 1.165) is 12.8 Å². The van der Waals surface area contributed by atoms with Crippen LogP contribution in [0.1, 0.15) is 19.8 Å². The van der Waals surface area contributed by atoms with Crippen molar-refractivity contribution in [1.82, 2.24) is 4.90 Å². The van der Waals surface area contributed by atoms with E-state index in [-0.39, 0.29) is 5.91 Å². The molecule has 0 bridgehead atoms. The van der Waals surface area contributed by atoms with Crippen molar-refractivity contribution in [3.05, 3.63) is 6.42 Å². The molecular weight excluding hydrogens is 156 g/mol. The van der Waals surface area contributed by atoms with Gasteiger partial charge in [-0.25, -0.2) is 0 Å². The molecule has 12 heavy (non-hydrogen) atoms. The highest BCUT2D eigenvalue weighted by Crippen LogP contribution is 2.15. The number of amides is 2. The summed E-state index contributed by atoms with van der Waals surface area (Å²) in [7, 11) is 0. The van der Waals surface area contributed by atoms with Crippen LogP contribution in [0.15, 0.2) is 0 Å². The summed E-state index contributed by atoms with van der Waals surface area (Å²) < 4.78 is 0. The monoisotopic (exact) mass is 169 g/mol. The summed E-state index contributed by atoms with van der Waals surface area (Å²) in [6, 6.07) is -0.490. The lowest BCUT2D eigenvalue weighted by Crippen LogP contribution is -2.50. The molecule has 0 saturated carbocycles. The minimum Gasteiger partial charge on any atom is -0.368 e. The third-order valence-corrected chi connectivity index (χ3v) is 2.02. The third kappa shape index (κ3) is 1.75. The highest BCUT2D eigenvalue weighted by atomic mass is 16.2. The van der Waals surface area contributed by atoms with Crippen LogP contribution in [-0.2, 0) is 9.59 Å². The van der Waals surface area contributed by atoms with Crippen molar-refractivity contribution in [1.29, 1.82) is 0 Å². The molecule has 0 aromatic carbocycles. The molecule has 1 saturated heterocycles. The number of hydrogen-bond donors (Lipinski definition) is 1. The molecule has 1 aliphatic rings. The predicted molar refractivity (Wildman–Crippen MR) is 43.9 cm³/mol. The molecule has 1 atom stereocenters. The zero-order valence-electron chi connectivity index (χ0n) is 7.12. The molecule has 0 aliphatic carbocycles. The van der Waals surface area contributed by atoms with Gasteiger partial charge in [-0.05, 0) is 19.3 Å². The molecule has 1 aliphatic heterocycles. The Balaban J connectivity index is 2.67. The summed E-state index contributed by atoms with van der Waals surface area (Å²) >= 11 is 0. The van der Waals surface area contributed by atoms with Gasteiger partial charge in [0.15, 0.2) is 0 Å². The van der Waals surface area contributed by atoms with Gasteiger partial charge in [-0.15, -0.1) is 0 Å². The van der Waals surface area contributed by atoms with Gasteiger partial charge in [-0.2, -0.15) is 0 Å². The zero-order chi connectivity index (χ0) is 9.14. The van der Waals surface area contributed by atoms with Crippen LogP contribution >= 0.6 is 0 Å². The van der Waals surface area contributed by atoms with Gasteiger partial charge in [0, 0.05) is 13.5 Å². The van der Waals surface area contributed by atoms with Gasteiger partial charge in [0.25, 0.3) is 0 Å². The molecule has 2 amide bonds. The molecule has 1 fully saturated rings. The number of carbonyl (C=O) groups excluding carboxylic acids is 2. The Kier molecular flexibility index (Phi) is 2.68. The van der Waals surface area contributed by atoms with E-state index >= 15 is 0 Å². The van der Waals surface area contributed by atoms with Gasteiger partial charge in [0.05, 0.1) is 0 Å². The highest BCUT2D eigenvalue weighted by molar-refractivity contribution is 5.87. The van der Waals surface area contributed by atoms with Crippen LogP contribution in [0.5, 0.6) is 0 Å². The smallest absolute Gasteiger partial charge is 0.240 e. The van der Waals surface area contributed by atoms with E-state index in [4.69, 9.17) is 5.73 Å². The Morgan fingerprint density at radius 3 is 2.67 bits per heavy atom. The van der Waals surface area contributed by atoms with Crippen molar-refractivity contribution in [2.75, 3.05) is 6.54 Å². The van der Waals surface area contributed by atoms with E-state index in [1.807, 2.05) is 0 Å². The Labute approximate surface area is 71.7 Å². The number of carbonyl (C=O) groups is 2. The normalized spacial score (nSPS) is 23.8. The van der Waals surface area contributed by atoms with Gasteiger partial charge in [0.1, 0.15) is 6.04 Å². The van der Waals surface area contributed by atoms with Crippen molar-refractivity contribution in [3.63, 3.8) is 0 Å². The second kappa shape index (κ2) is 3.56. The Bertz CT molecular complexity index is 181. The number of primary amides is 1. The Morgan fingerprint density at radius 1 is 1.58 bits per heavy atom. The largest absolute Gasteiger partial charge is 0.368 e. The summed E-state index contributed by atoms with van der Waals surface area (Å²) in [5, 5.41) is 0. The molecule has 0 spiro atoms. The van der Waals surface area contributed by atoms with Crippen LogP contribution in [0.3, 0.4) is 0 Å². The van der Waals surface area contributed by atoms with Crippen molar-refractivity contribution in [2.45, 2.75) is 25.8 Å². The number of nitrogens with zero attached hydrogens (tertiary/aromatic N) is 1. The minimum absolute atomic E-state index is 0.0882. The lowest BCUT2D eigenvalue weighted by atomic mass is 10.0. The van der Waals surface area contributed by atoms with E-state index in [1.54, 1.807) is 6.42 Å². The predicted octanol–water partition coefficient (Wildman–Crippen LogP) is -0.313. The number of rotatable bonds is 1. The van der Waals surface area contributed by atoms with Gasteiger partial charge >= 0.3 is 0 Å². The van der Waals surface area contributed by atoms with E-state index in [2.05, 4.69) is 0 Å². The first-order valence-electron chi connectivity index (χ1n) is 4.03. The van der Waals surface area contributed by atoms with Gasteiger partial charge < -0.3 is 10.6 Å². The number of piperidine rings is 1. The van der Waals surface area contributed by atoms with Crippen molar-refractivity contribution < 1.29 is 9.59 Å². The molecular formula is C8H13N2O2. The third-order valence-electron chi connectivity index (χ3n) is 2.02. The number of nitrogens with two attached hydrogens (primary N) is 1. The fourth-order valence-corrected chi connectivity index (χ4v) is 1.43. The van der Waals surface area contributed by atoms with E-state index in [9.17, 15) is 9.59 Å². The second-order valence-electron chi connectivity index (χ2n) is 2.94. The minimum atomic E-state index is -0.490. The molecule has 67 valence electrons. The van der Waals surface area contributed by atoms with Gasteiger partial charge in [-0.1, -0.05) is 0 Å². The lowest BCUT2D eigenvalue weighted by Gasteiger charge is -2.32. The average Bonchev–Trinajstić information content (AvgIpc) is 2.04. The van der Waals surface area contributed by atoms with Crippen LogP contribution in [0, 0.1) is 6.42 Å². The zero-order valence-corrected chi connectivity index (χ0v) is 7.12. The average molecular weight is 169 g/mol. The quantitative estimate of drug-likeness (QED) is 0.585. The Hall–Kier alpha value is -1.06. The molecule has 1 radical (unpaired) electrons. The molecule has 0 aromatic rings. The molecule has 1 rings (SSSR count). The second-order valence-corrected chi connectivity index (χ2v) is 2.94. The maximum Gasteiger partial charge on any atom is 0.240 e. The summed E-state index contributed by atoms with van der Waals surface area (Å²) in [6.07, 6.45) is 3.58. The molecule has 4 heteroatoms.